The minimum atomic E-state index is -0.742. The van der Waals surface area contributed by atoms with E-state index in [0.29, 0.717) is 6.61 Å². The van der Waals surface area contributed by atoms with Crippen LogP contribution in [0.4, 0.5) is 0 Å². The minimum Gasteiger partial charge on any atom is -0.492 e. The van der Waals surface area contributed by atoms with Crippen LogP contribution in [0.25, 0.3) is 0 Å². The van der Waals surface area contributed by atoms with Crippen LogP contribution in [-0.2, 0) is 4.79 Å². The number of halogens is 1. The quantitative estimate of drug-likeness (QED) is 0.904. The topological polar surface area (TPSA) is 46.5 Å². The van der Waals surface area contributed by atoms with Crippen molar-refractivity contribution >= 4 is 21.9 Å². The van der Waals surface area contributed by atoms with Crippen molar-refractivity contribution in [2.24, 2.45) is 5.41 Å². The Morgan fingerprint density at radius 3 is 2.69 bits per heavy atom. The number of carbonyl (C=O) groups is 1. The van der Waals surface area contributed by atoms with Crippen LogP contribution in [0.5, 0.6) is 5.75 Å². The van der Waals surface area contributed by atoms with E-state index in [1.165, 1.54) is 0 Å². The lowest BCUT2D eigenvalue weighted by atomic mass is 10.0. The maximum atomic E-state index is 10.7. The summed E-state index contributed by atoms with van der Waals surface area (Å²) in [5, 5.41) is 8.78. The molecule has 1 aliphatic carbocycles. The Balaban J connectivity index is 1.93. The summed E-state index contributed by atoms with van der Waals surface area (Å²) in [4.78, 5) is 10.7. The van der Waals surface area contributed by atoms with Gasteiger partial charge in [-0.05, 0) is 40.9 Å². The molecule has 0 spiro atoms. The van der Waals surface area contributed by atoms with E-state index in [4.69, 9.17) is 9.84 Å². The Kier molecular flexibility index (Phi) is 3.19. The maximum absolute atomic E-state index is 10.7. The second-order valence-corrected chi connectivity index (χ2v) is 5.14. The molecule has 0 unspecified atom stereocenters. The number of ether oxygens (including phenoxy) is 1. The average molecular weight is 285 g/mol. The molecule has 1 aromatic carbocycles. The first kappa shape index (κ1) is 11.5. The van der Waals surface area contributed by atoms with Crippen molar-refractivity contribution in [3.05, 3.63) is 28.7 Å². The van der Waals surface area contributed by atoms with Crippen molar-refractivity contribution in [1.82, 2.24) is 0 Å². The lowest BCUT2D eigenvalue weighted by Crippen LogP contribution is -2.17. The number of hydrogen-bond acceptors (Lipinski definition) is 2. The van der Waals surface area contributed by atoms with Crippen LogP contribution >= 0.6 is 15.9 Å². The summed E-state index contributed by atoms with van der Waals surface area (Å²) >= 11 is 3.39. The zero-order valence-electron chi connectivity index (χ0n) is 8.78. The predicted molar refractivity (Wildman–Crippen MR) is 63.6 cm³/mol. The fourth-order valence-corrected chi connectivity index (χ4v) is 2.06. The van der Waals surface area contributed by atoms with Gasteiger partial charge < -0.3 is 9.84 Å². The number of aliphatic carboxylic acids is 1. The van der Waals surface area contributed by atoms with Gasteiger partial charge in [0.05, 0.1) is 17.5 Å². The summed E-state index contributed by atoms with van der Waals surface area (Å²) in [6, 6.07) is 7.60. The van der Waals surface area contributed by atoms with Gasteiger partial charge in [-0.25, -0.2) is 0 Å². The Labute approximate surface area is 103 Å². The van der Waals surface area contributed by atoms with Gasteiger partial charge in [0.2, 0.25) is 0 Å². The molecule has 86 valence electrons. The number of para-hydroxylation sites is 1. The Hall–Kier alpha value is -1.03. The summed E-state index contributed by atoms with van der Waals surface area (Å²) in [5.74, 6) is 0.0346. The van der Waals surface area contributed by atoms with Crippen LogP contribution in [0, 0.1) is 5.41 Å². The van der Waals surface area contributed by atoms with E-state index in [0.717, 1.165) is 23.1 Å². The summed E-state index contributed by atoms with van der Waals surface area (Å²) in [5.41, 5.74) is -0.124. The summed E-state index contributed by atoms with van der Waals surface area (Å²) in [6.07, 6.45) is 2.10. The van der Waals surface area contributed by atoms with Crippen molar-refractivity contribution in [3.8, 4) is 5.75 Å². The summed E-state index contributed by atoms with van der Waals surface area (Å²) < 4.78 is 6.56. The Morgan fingerprint density at radius 1 is 1.44 bits per heavy atom. The van der Waals surface area contributed by atoms with Gasteiger partial charge in [-0.15, -0.1) is 0 Å². The third-order valence-electron chi connectivity index (χ3n) is 2.85. The molecule has 0 heterocycles. The van der Waals surface area contributed by atoms with Gasteiger partial charge in [-0.1, -0.05) is 12.1 Å². The largest absolute Gasteiger partial charge is 0.492 e. The van der Waals surface area contributed by atoms with E-state index < -0.39 is 5.97 Å². The predicted octanol–water partition coefficient (Wildman–Crippen LogP) is 3.08. The van der Waals surface area contributed by atoms with E-state index in [9.17, 15) is 4.79 Å². The number of carboxylic acids is 1. The number of hydrogen-bond donors (Lipinski definition) is 1. The lowest BCUT2D eigenvalue weighted by molar-refractivity contribution is -0.138. The average Bonchev–Trinajstić information content (AvgIpc) is 2.96. The maximum Gasteiger partial charge on any atom is 0.304 e. The standard InChI is InChI=1S/C12H13BrO3/c13-9-3-1-2-4-10(9)16-8-12(5-6-12)7-11(14)15/h1-4H,5-8H2,(H,14,15). The molecule has 0 bridgehead atoms. The van der Waals surface area contributed by atoms with E-state index in [2.05, 4.69) is 15.9 Å². The van der Waals surface area contributed by atoms with E-state index in [1.807, 2.05) is 24.3 Å². The molecule has 2 rings (SSSR count). The molecule has 0 aliphatic heterocycles. The molecule has 1 N–H and O–H groups in total. The van der Waals surface area contributed by atoms with Crippen molar-refractivity contribution < 1.29 is 14.6 Å². The van der Waals surface area contributed by atoms with Gasteiger partial charge in [-0.3, -0.25) is 4.79 Å². The second-order valence-electron chi connectivity index (χ2n) is 4.29. The van der Waals surface area contributed by atoms with Crippen LogP contribution in [-0.4, -0.2) is 17.7 Å². The molecule has 1 aromatic rings. The Bertz CT molecular complexity index is 399. The van der Waals surface area contributed by atoms with Crippen molar-refractivity contribution in [1.29, 1.82) is 0 Å². The van der Waals surface area contributed by atoms with Crippen molar-refractivity contribution in [2.45, 2.75) is 19.3 Å². The molecular formula is C12H13BrO3. The molecule has 0 atom stereocenters. The van der Waals surface area contributed by atoms with Crippen LogP contribution in [0.2, 0.25) is 0 Å². The molecule has 1 aliphatic rings. The van der Waals surface area contributed by atoms with Crippen molar-refractivity contribution in [3.63, 3.8) is 0 Å². The molecule has 1 fully saturated rings. The van der Waals surface area contributed by atoms with Gasteiger partial charge in [0.15, 0.2) is 0 Å². The van der Waals surface area contributed by atoms with Gasteiger partial charge in [0.1, 0.15) is 5.75 Å². The number of benzene rings is 1. The molecular weight excluding hydrogens is 272 g/mol. The van der Waals surface area contributed by atoms with Crippen LogP contribution in [0.3, 0.4) is 0 Å². The highest BCUT2D eigenvalue weighted by molar-refractivity contribution is 9.10. The summed E-state index contributed by atoms with van der Waals surface area (Å²) in [7, 11) is 0. The third kappa shape index (κ3) is 2.76. The lowest BCUT2D eigenvalue weighted by Gasteiger charge is -2.14. The fourth-order valence-electron chi connectivity index (χ4n) is 1.66. The molecule has 0 saturated heterocycles. The van der Waals surface area contributed by atoms with Crippen LogP contribution in [0.15, 0.2) is 28.7 Å². The van der Waals surface area contributed by atoms with Gasteiger partial charge in [-0.2, -0.15) is 0 Å². The van der Waals surface area contributed by atoms with Gasteiger partial charge in [0, 0.05) is 5.41 Å². The molecule has 4 heteroatoms. The normalized spacial score (nSPS) is 16.8. The first-order chi connectivity index (χ1) is 7.61. The van der Waals surface area contributed by atoms with Crippen molar-refractivity contribution in [2.75, 3.05) is 6.61 Å². The molecule has 0 amide bonds. The Morgan fingerprint density at radius 2 is 2.12 bits per heavy atom. The molecule has 3 nitrogen and oxygen atoms in total. The van der Waals surface area contributed by atoms with Gasteiger partial charge >= 0.3 is 5.97 Å². The molecule has 16 heavy (non-hydrogen) atoms. The fraction of sp³-hybridized carbons (Fsp3) is 0.417. The smallest absolute Gasteiger partial charge is 0.304 e. The van der Waals surface area contributed by atoms with E-state index >= 15 is 0 Å². The first-order valence-corrected chi connectivity index (χ1v) is 6.00. The first-order valence-electron chi connectivity index (χ1n) is 5.20. The number of rotatable bonds is 5. The number of carboxylic acid groups (broad SMARTS) is 1. The zero-order valence-corrected chi connectivity index (χ0v) is 10.4. The van der Waals surface area contributed by atoms with E-state index in [1.54, 1.807) is 0 Å². The van der Waals surface area contributed by atoms with Crippen LogP contribution < -0.4 is 4.74 Å². The highest BCUT2D eigenvalue weighted by Crippen LogP contribution is 2.49. The third-order valence-corrected chi connectivity index (χ3v) is 3.51. The van der Waals surface area contributed by atoms with Gasteiger partial charge in [0.25, 0.3) is 0 Å². The second kappa shape index (κ2) is 4.45. The van der Waals surface area contributed by atoms with E-state index in [-0.39, 0.29) is 11.8 Å². The monoisotopic (exact) mass is 284 g/mol. The minimum absolute atomic E-state index is 0.124. The molecule has 0 aromatic heterocycles. The van der Waals surface area contributed by atoms with Crippen LogP contribution in [0.1, 0.15) is 19.3 Å². The highest BCUT2D eigenvalue weighted by Gasteiger charge is 2.45. The molecule has 1 saturated carbocycles. The summed E-state index contributed by atoms with van der Waals surface area (Å²) in [6.45, 7) is 0.488. The highest BCUT2D eigenvalue weighted by atomic mass is 79.9. The molecule has 0 radical (unpaired) electrons. The SMILES string of the molecule is O=C(O)CC1(COc2ccccc2Br)CC1. The zero-order chi connectivity index (χ0) is 11.6.